The largest absolute Gasteiger partial charge is 0.496 e. The Kier molecular flexibility index (Phi) is 4.96. The van der Waals surface area contributed by atoms with E-state index in [1.165, 1.54) is 0 Å². The fourth-order valence-electron chi connectivity index (χ4n) is 2.59. The molecular formula is C20H22N2O2. The van der Waals surface area contributed by atoms with Crippen molar-refractivity contribution in [1.82, 2.24) is 9.88 Å². The number of pyridine rings is 1. The molecule has 0 aliphatic rings. The van der Waals surface area contributed by atoms with Gasteiger partial charge in [-0.2, -0.15) is 0 Å². The number of benzene rings is 2. The maximum absolute atomic E-state index is 6.00. The number of aromatic nitrogens is 1. The van der Waals surface area contributed by atoms with E-state index in [0.29, 0.717) is 12.5 Å². The monoisotopic (exact) mass is 322 g/mol. The summed E-state index contributed by atoms with van der Waals surface area (Å²) in [5, 5.41) is 1.08. The average molecular weight is 322 g/mol. The van der Waals surface area contributed by atoms with Gasteiger partial charge in [0, 0.05) is 23.1 Å². The van der Waals surface area contributed by atoms with E-state index in [4.69, 9.17) is 14.5 Å². The van der Waals surface area contributed by atoms with Crippen LogP contribution in [0.15, 0.2) is 54.6 Å². The Balaban J connectivity index is 2.09. The second kappa shape index (κ2) is 7.32. The van der Waals surface area contributed by atoms with Crippen LogP contribution in [-0.4, -0.2) is 44.2 Å². The molecule has 0 aliphatic carbocycles. The highest BCUT2D eigenvalue weighted by atomic mass is 16.5. The molecule has 0 saturated carbocycles. The molecule has 3 rings (SSSR count). The zero-order valence-electron chi connectivity index (χ0n) is 14.3. The number of fused-ring (bicyclic) bond motifs is 1. The van der Waals surface area contributed by atoms with Crippen LogP contribution in [0, 0.1) is 0 Å². The molecule has 0 fully saturated rings. The third-order valence-corrected chi connectivity index (χ3v) is 3.86. The van der Waals surface area contributed by atoms with E-state index < -0.39 is 0 Å². The lowest BCUT2D eigenvalue weighted by molar-refractivity contribution is 0.255. The Morgan fingerprint density at radius 2 is 1.71 bits per heavy atom. The van der Waals surface area contributed by atoms with Crippen LogP contribution in [0.5, 0.6) is 11.6 Å². The third kappa shape index (κ3) is 3.49. The number of rotatable bonds is 6. The number of ether oxygens (including phenoxy) is 2. The lowest BCUT2D eigenvalue weighted by atomic mass is 10.0. The van der Waals surface area contributed by atoms with Crippen LogP contribution in [0.2, 0.25) is 0 Å². The van der Waals surface area contributed by atoms with Gasteiger partial charge in [0.25, 0.3) is 0 Å². The van der Waals surface area contributed by atoms with Crippen molar-refractivity contribution >= 4 is 10.9 Å². The zero-order chi connectivity index (χ0) is 16.9. The minimum absolute atomic E-state index is 0.584. The van der Waals surface area contributed by atoms with Crippen molar-refractivity contribution in [2.75, 3.05) is 34.4 Å². The normalized spacial score (nSPS) is 11.0. The molecular weight excluding hydrogens is 300 g/mol. The number of hydrogen-bond acceptors (Lipinski definition) is 4. The summed E-state index contributed by atoms with van der Waals surface area (Å²) in [7, 11) is 5.73. The van der Waals surface area contributed by atoms with E-state index in [9.17, 15) is 0 Å². The molecule has 0 N–H and O–H groups in total. The number of methoxy groups -OCH3 is 1. The van der Waals surface area contributed by atoms with Gasteiger partial charge in [0.2, 0.25) is 5.88 Å². The van der Waals surface area contributed by atoms with Gasteiger partial charge in [-0.15, -0.1) is 0 Å². The molecule has 0 bridgehead atoms. The van der Waals surface area contributed by atoms with E-state index >= 15 is 0 Å². The van der Waals surface area contributed by atoms with E-state index in [1.54, 1.807) is 7.11 Å². The van der Waals surface area contributed by atoms with Crippen molar-refractivity contribution < 1.29 is 9.47 Å². The maximum atomic E-state index is 6.00. The number of likely N-dealkylation sites (N-methyl/N-ethyl adjacent to an activating group) is 1. The number of nitrogens with zero attached hydrogens (tertiary/aromatic N) is 2. The first-order chi connectivity index (χ1) is 11.7. The van der Waals surface area contributed by atoms with Crippen molar-refractivity contribution in [1.29, 1.82) is 0 Å². The summed E-state index contributed by atoms with van der Waals surface area (Å²) in [5.41, 5.74) is 2.86. The molecule has 0 saturated heterocycles. The quantitative estimate of drug-likeness (QED) is 0.690. The van der Waals surface area contributed by atoms with Crippen molar-refractivity contribution in [3.63, 3.8) is 0 Å². The van der Waals surface area contributed by atoms with Gasteiger partial charge in [0.15, 0.2) is 0 Å². The topological polar surface area (TPSA) is 34.6 Å². The van der Waals surface area contributed by atoms with E-state index in [0.717, 1.165) is 34.3 Å². The van der Waals surface area contributed by atoms with E-state index in [2.05, 4.69) is 17.0 Å². The van der Waals surface area contributed by atoms with Crippen LogP contribution in [0.25, 0.3) is 22.0 Å². The maximum Gasteiger partial charge on any atom is 0.222 e. The summed E-state index contributed by atoms with van der Waals surface area (Å²) in [5.74, 6) is 1.45. The number of para-hydroxylation sites is 2. The van der Waals surface area contributed by atoms with Crippen molar-refractivity contribution in [3.8, 4) is 22.8 Å². The Bertz CT molecular complexity index is 831. The van der Waals surface area contributed by atoms with Gasteiger partial charge in [-0.25, -0.2) is 4.98 Å². The molecule has 2 aromatic carbocycles. The van der Waals surface area contributed by atoms with Crippen LogP contribution in [-0.2, 0) is 0 Å². The molecule has 0 amide bonds. The van der Waals surface area contributed by atoms with Crippen molar-refractivity contribution in [2.24, 2.45) is 0 Å². The molecule has 0 unspecified atom stereocenters. The summed E-state index contributed by atoms with van der Waals surface area (Å²) in [6, 6.07) is 18.1. The Morgan fingerprint density at radius 1 is 0.958 bits per heavy atom. The van der Waals surface area contributed by atoms with Crippen molar-refractivity contribution in [2.45, 2.75) is 0 Å². The summed E-state index contributed by atoms with van der Waals surface area (Å²) < 4.78 is 11.5. The predicted octanol–water partition coefficient (Wildman–Crippen LogP) is 3.85. The average Bonchev–Trinajstić information content (AvgIpc) is 2.60. The summed E-state index contributed by atoms with van der Waals surface area (Å²) in [4.78, 5) is 6.81. The fraction of sp³-hybridized carbons (Fsp3) is 0.250. The van der Waals surface area contributed by atoms with Gasteiger partial charge < -0.3 is 14.4 Å². The first-order valence-electron chi connectivity index (χ1n) is 8.00. The highest BCUT2D eigenvalue weighted by molar-refractivity contribution is 5.87. The molecule has 1 aromatic heterocycles. The predicted molar refractivity (Wildman–Crippen MR) is 97.8 cm³/mol. The van der Waals surface area contributed by atoms with Crippen LogP contribution in [0.4, 0.5) is 0 Å². The summed E-state index contributed by atoms with van der Waals surface area (Å²) in [6.07, 6.45) is 0. The van der Waals surface area contributed by atoms with Gasteiger partial charge in [0.1, 0.15) is 12.4 Å². The second-order valence-electron chi connectivity index (χ2n) is 5.89. The zero-order valence-corrected chi connectivity index (χ0v) is 14.3. The molecule has 1 heterocycles. The van der Waals surface area contributed by atoms with Gasteiger partial charge in [-0.3, -0.25) is 0 Å². The lowest BCUT2D eigenvalue weighted by Gasteiger charge is -2.16. The van der Waals surface area contributed by atoms with E-state index in [1.807, 2.05) is 56.6 Å². The Labute approximate surface area is 142 Å². The Hall–Kier alpha value is -2.59. The first kappa shape index (κ1) is 16.3. The minimum Gasteiger partial charge on any atom is -0.496 e. The van der Waals surface area contributed by atoms with Crippen LogP contribution < -0.4 is 9.47 Å². The first-order valence-corrected chi connectivity index (χ1v) is 8.00. The summed E-state index contributed by atoms with van der Waals surface area (Å²) in [6.45, 7) is 1.42. The molecule has 4 nitrogen and oxygen atoms in total. The molecule has 0 aliphatic heterocycles. The second-order valence-corrected chi connectivity index (χ2v) is 5.89. The van der Waals surface area contributed by atoms with E-state index in [-0.39, 0.29) is 0 Å². The van der Waals surface area contributed by atoms with Crippen LogP contribution >= 0.6 is 0 Å². The smallest absolute Gasteiger partial charge is 0.222 e. The SMILES string of the molecule is COc1ccccc1-c1cc2ccccc2nc1OCCN(C)C. The molecule has 0 atom stereocenters. The molecule has 124 valence electrons. The van der Waals surface area contributed by atoms with Crippen LogP contribution in [0.1, 0.15) is 0 Å². The molecule has 24 heavy (non-hydrogen) atoms. The highest BCUT2D eigenvalue weighted by Crippen LogP contribution is 2.37. The van der Waals surface area contributed by atoms with Gasteiger partial charge >= 0.3 is 0 Å². The minimum atomic E-state index is 0.584. The fourth-order valence-corrected chi connectivity index (χ4v) is 2.59. The molecule has 3 aromatic rings. The summed E-state index contributed by atoms with van der Waals surface area (Å²) >= 11 is 0. The number of hydrogen-bond donors (Lipinski definition) is 0. The van der Waals surface area contributed by atoms with Gasteiger partial charge in [0.05, 0.1) is 12.6 Å². The van der Waals surface area contributed by atoms with Crippen LogP contribution in [0.3, 0.4) is 0 Å². The third-order valence-electron chi connectivity index (χ3n) is 3.86. The lowest BCUT2D eigenvalue weighted by Crippen LogP contribution is -2.19. The standard InChI is InChI=1S/C20H22N2O2/c1-22(2)12-13-24-20-17(16-9-5-7-11-19(16)23-3)14-15-8-4-6-10-18(15)21-20/h4-11,14H,12-13H2,1-3H3. The highest BCUT2D eigenvalue weighted by Gasteiger charge is 2.14. The Morgan fingerprint density at radius 3 is 2.50 bits per heavy atom. The molecule has 0 radical (unpaired) electrons. The van der Waals surface area contributed by atoms with Crippen molar-refractivity contribution in [3.05, 3.63) is 54.6 Å². The van der Waals surface area contributed by atoms with Gasteiger partial charge in [-0.05, 0) is 32.3 Å². The molecule has 4 heteroatoms. The van der Waals surface area contributed by atoms with Gasteiger partial charge in [-0.1, -0.05) is 36.4 Å². The molecule has 0 spiro atoms.